The Morgan fingerprint density at radius 2 is 0.619 bits per heavy atom. The van der Waals surface area contributed by atoms with Crippen LogP contribution in [0, 0.1) is 23.7 Å². The van der Waals surface area contributed by atoms with Gasteiger partial charge in [-0.05, 0) is 81.3 Å². The molecule has 0 aliphatic heterocycles. The number of carbonyl (C=O) groups excluding carboxylic acids is 1. The van der Waals surface area contributed by atoms with Crippen molar-refractivity contribution in [2.75, 3.05) is 0 Å². The number of carboxylic acid groups (broad SMARTS) is 1. The Morgan fingerprint density at radius 1 is 0.361 bits per heavy atom. The van der Waals surface area contributed by atoms with Crippen LogP contribution in [0.4, 0.5) is 0 Å². The maximum Gasteiger partial charge on any atom is 0.309 e. The van der Waals surface area contributed by atoms with E-state index < -0.39 is 14.3 Å². The fraction of sp³-hybridized carbons (Fsp3) is 0.978. The van der Waals surface area contributed by atoms with Crippen molar-refractivity contribution in [2.45, 2.75) is 548 Å². The van der Waals surface area contributed by atoms with Crippen LogP contribution in [0.15, 0.2) is 0 Å². The quantitative estimate of drug-likeness (QED) is 0.0373. The molecule has 6 heteroatoms. The number of rotatable bonds is 80. The van der Waals surface area contributed by atoms with Crippen LogP contribution in [0.5, 0.6) is 0 Å². The largest absolute Gasteiger partial charge is 0.481 e. The van der Waals surface area contributed by atoms with Crippen LogP contribution in [-0.4, -0.2) is 37.6 Å². The molecule has 0 amide bonds. The molecule has 1 saturated carbocycles. The van der Waals surface area contributed by atoms with E-state index in [2.05, 4.69) is 61.6 Å². The summed E-state index contributed by atoms with van der Waals surface area (Å²) in [6, 6.07) is 0. The Labute approximate surface area is 611 Å². The summed E-state index contributed by atoms with van der Waals surface area (Å²) in [7, 11) is -2.08. The molecule has 1 rings (SSSR count). The number of hydrogen-bond acceptors (Lipinski definition) is 4. The second-order valence-corrected chi connectivity index (χ2v) is 39.4. The molecule has 1 N–H and O–H groups in total. The zero-order chi connectivity index (χ0) is 70.7. The Hall–Kier alpha value is -0.883. The van der Waals surface area contributed by atoms with E-state index in [0.29, 0.717) is 6.42 Å². The standard InChI is InChI=1S/C91H180O5Si/c1-10-12-14-16-18-20-22-24-26-28-29-30-31-36-43-49-55-61-67-73-79-86(90(93)94)88(96-97(8,9)91(5,6)7)80-74-68-62-56-50-44-37-33-32-35-42-48-54-60-66-72-78-85-82-87(85)83(3)76-70-64-58-52-46-40-38-39-45-51-57-63-69-75-81-89(92)95-84(4)77-71-65-59-53-47-41-34-27-25-23-21-19-17-15-13-11-2/h83-88H,10-82H2,1-9H3,(H,93,94)/t83-,84-,85-,86+,87+,88+/m0/s1. The first-order valence-electron chi connectivity index (χ1n) is 45.3. The van der Waals surface area contributed by atoms with E-state index in [1.807, 2.05) is 0 Å². The average molecular weight is 1380 g/mol. The number of esters is 1. The van der Waals surface area contributed by atoms with E-state index in [1.54, 1.807) is 0 Å². The van der Waals surface area contributed by atoms with Gasteiger partial charge in [-0.25, -0.2) is 0 Å². The Bertz CT molecular complexity index is 1620. The summed E-state index contributed by atoms with van der Waals surface area (Å²) in [6.07, 6.45) is 98.5. The zero-order valence-electron chi connectivity index (χ0n) is 68.2. The van der Waals surface area contributed by atoms with Gasteiger partial charge in [-0.2, -0.15) is 0 Å². The maximum atomic E-state index is 12.8. The van der Waals surface area contributed by atoms with Crippen molar-refractivity contribution in [3.8, 4) is 0 Å². The summed E-state index contributed by atoms with van der Waals surface area (Å²) >= 11 is 0. The highest BCUT2D eigenvalue weighted by molar-refractivity contribution is 6.74. The number of carboxylic acids is 1. The van der Waals surface area contributed by atoms with Crippen LogP contribution >= 0.6 is 0 Å². The lowest BCUT2D eigenvalue weighted by molar-refractivity contribution is -0.149. The normalized spacial score (nSPS) is 15.5. The lowest BCUT2D eigenvalue weighted by Crippen LogP contribution is -2.47. The lowest BCUT2D eigenvalue weighted by Gasteiger charge is -2.41. The van der Waals surface area contributed by atoms with Gasteiger partial charge in [0.15, 0.2) is 8.32 Å². The fourth-order valence-corrected chi connectivity index (χ4v) is 17.3. The van der Waals surface area contributed by atoms with Crippen molar-refractivity contribution in [2.24, 2.45) is 23.7 Å². The second kappa shape index (κ2) is 69.5. The van der Waals surface area contributed by atoms with Gasteiger partial charge in [0.1, 0.15) is 0 Å². The minimum Gasteiger partial charge on any atom is -0.481 e. The first-order valence-corrected chi connectivity index (χ1v) is 48.2. The van der Waals surface area contributed by atoms with Gasteiger partial charge in [0.25, 0.3) is 0 Å². The third-order valence-corrected chi connectivity index (χ3v) is 28.5. The molecule has 6 atom stereocenters. The highest BCUT2D eigenvalue weighted by atomic mass is 28.4. The van der Waals surface area contributed by atoms with Gasteiger partial charge in [-0.3, -0.25) is 9.59 Å². The highest BCUT2D eigenvalue weighted by Crippen LogP contribution is 2.49. The predicted octanol–water partition coefficient (Wildman–Crippen LogP) is 32.4. The van der Waals surface area contributed by atoms with Gasteiger partial charge < -0.3 is 14.3 Å². The molecule has 1 aliphatic rings. The van der Waals surface area contributed by atoms with Crippen LogP contribution < -0.4 is 0 Å². The summed E-state index contributed by atoms with van der Waals surface area (Å²) in [4.78, 5) is 25.2. The van der Waals surface area contributed by atoms with E-state index >= 15 is 0 Å². The molecule has 0 radical (unpaired) electrons. The van der Waals surface area contributed by atoms with E-state index in [-0.39, 0.29) is 29.1 Å². The predicted molar refractivity (Wildman–Crippen MR) is 433 cm³/mol. The Balaban J connectivity index is 1.92. The molecule has 97 heavy (non-hydrogen) atoms. The molecule has 0 aromatic carbocycles. The third-order valence-electron chi connectivity index (χ3n) is 24.0. The summed E-state index contributed by atoms with van der Waals surface area (Å²) in [5.74, 6) is 2.08. The molecule has 0 heterocycles. The van der Waals surface area contributed by atoms with Crippen molar-refractivity contribution in [3.63, 3.8) is 0 Å². The molecule has 1 fully saturated rings. The van der Waals surface area contributed by atoms with Crippen LogP contribution in [-0.2, 0) is 18.8 Å². The number of carbonyl (C=O) groups is 2. The van der Waals surface area contributed by atoms with Gasteiger partial charge in [-0.1, -0.05) is 465 Å². The molecule has 0 saturated heterocycles. The van der Waals surface area contributed by atoms with E-state index in [0.717, 1.165) is 62.7 Å². The summed E-state index contributed by atoms with van der Waals surface area (Å²) in [6.45, 7) is 20.8. The minimum atomic E-state index is -2.08. The smallest absolute Gasteiger partial charge is 0.309 e. The molecule has 0 aromatic heterocycles. The van der Waals surface area contributed by atoms with Crippen LogP contribution in [0.25, 0.3) is 0 Å². The van der Waals surface area contributed by atoms with Crippen molar-refractivity contribution in [3.05, 3.63) is 0 Å². The van der Waals surface area contributed by atoms with Gasteiger partial charge in [-0.15, -0.1) is 0 Å². The summed E-state index contributed by atoms with van der Waals surface area (Å²) in [5, 5.41) is 10.6. The van der Waals surface area contributed by atoms with E-state index in [1.165, 1.54) is 417 Å². The molecule has 578 valence electrons. The summed E-state index contributed by atoms with van der Waals surface area (Å²) < 4.78 is 12.7. The summed E-state index contributed by atoms with van der Waals surface area (Å²) in [5.41, 5.74) is 0. The highest BCUT2D eigenvalue weighted by Gasteiger charge is 2.42. The zero-order valence-corrected chi connectivity index (χ0v) is 69.2. The van der Waals surface area contributed by atoms with Crippen molar-refractivity contribution < 1.29 is 23.9 Å². The third kappa shape index (κ3) is 62.2. The molecule has 0 aromatic rings. The number of unbranched alkanes of at least 4 members (excludes halogenated alkanes) is 62. The molecular formula is C91H180O5Si. The number of hydrogen-bond donors (Lipinski definition) is 1. The van der Waals surface area contributed by atoms with Gasteiger partial charge >= 0.3 is 11.9 Å². The van der Waals surface area contributed by atoms with E-state index in [4.69, 9.17) is 9.16 Å². The molecule has 5 nitrogen and oxygen atoms in total. The fourth-order valence-electron chi connectivity index (χ4n) is 15.9. The lowest BCUT2D eigenvalue weighted by atomic mass is 9.91. The monoisotopic (exact) mass is 1380 g/mol. The molecule has 0 unspecified atom stereocenters. The van der Waals surface area contributed by atoms with Crippen molar-refractivity contribution in [1.29, 1.82) is 0 Å². The van der Waals surface area contributed by atoms with Gasteiger partial charge in [0, 0.05) is 6.42 Å². The first kappa shape index (κ1) is 94.1. The van der Waals surface area contributed by atoms with Gasteiger partial charge in [0.05, 0.1) is 18.1 Å². The topological polar surface area (TPSA) is 72.8 Å². The Kier molecular flexibility index (Phi) is 67.4. The van der Waals surface area contributed by atoms with Crippen molar-refractivity contribution >= 4 is 20.3 Å². The average Bonchev–Trinajstić information content (AvgIpc) is 1.02. The van der Waals surface area contributed by atoms with Crippen LogP contribution in [0.1, 0.15) is 517 Å². The minimum absolute atomic E-state index is 0.0287. The van der Waals surface area contributed by atoms with Crippen LogP contribution in [0.2, 0.25) is 18.1 Å². The molecule has 0 bridgehead atoms. The Morgan fingerprint density at radius 3 is 0.918 bits per heavy atom. The van der Waals surface area contributed by atoms with Crippen molar-refractivity contribution in [1.82, 2.24) is 0 Å². The first-order chi connectivity index (χ1) is 47.2. The second-order valence-electron chi connectivity index (χ2n) is 34.6. The number of ether oxygens (including phenoxy) is 1. The van der Waals surface area contributed by atoms with E-state index in [9.17, 15) is 14.7 Å². The SMILES string of the molecule is CCCCCCCCCCCCCCCCCCCCCC[C@@H](C(=O)O)[C@@H](CCCCCCCCCCCCCCCCCC[C@H]1C[C@@H]1[C@@H](C)CCCCCCCCCCCCCCCCC(=O)O[C@@H](C)CCCCCCCCCCCCCCCCCC)O[Si](C)(C)C(C)(C)C. The maximum absolute atomic E-state index is 12.8. The molecular weight excluding hydrogens is 1200 g/mol. The number of aliphatic carboxylic acids is 1. The van der Waals surface area contributed by atoms with Crippen LogP contribution in [0.3, 0.4) is 0 Å². The van der Waals surface area contributed by atoms with Gasteiger partial charge in [0.2, 0.25) is 0 Å². The molecule has 0 spiro atoms. The molecule has 1 aliphatic carbocycles.